The highest BCUT2D eigenvalue weighted by Gasteiger charge is 2.34. The van der Waals surface area contributed by atoms with Gasteiger partial charge in [0.25, 0.3) is 0 Å². The van der Waals surface area contributed by atoms with Gasteiger partial charge < -0.3 is 10.6 Å². The molecule has 2 N–H and O–H groups in total. The van der Waals surface area contributed by atoms with Crippen molar-refractivity contribution in [2.75, 3.05) is 13.1 Å². The molecule has 21 heavy (non-hydrogen) atoms. The quantitative estimate of drug-likeness (QED) is 0.928. The highest BCUT2D eigenvalue weighted by atomic mass is 16.2. The van der Waals surface area contributed by atoms with Crippen molar-refractivity contribution in [1.82, 2.24) is 4.90 Å². The van der Waals surface area contributed by atoms with E-state index >= 15 is 0 Å². The Morgan fingerprint density at radius 3 is 2.62 bits per heavy atom. The second-order valence-corrected chi connectivity index (χ2v) is 6.67. The van der Waals surface area contributed by atoms with Gasteiger partial charge in [0.1, 0.15) is 0 Å². The fourth-order valence-electron chi connectivity index (χ4n) is 3.99. The normalized spacial score (nSPS) is 27.0. The number of likely N-dealkylation sites (tertiary alicyclic amines) is 1. The molecule has 1 heterocycles. The van der Waals surface area contributed by atoms with Crippen LogP contribution in [-0.2, 0) is 11.2 Å². The van der Waals surface area contributed by atoms with Crippen LogP contribution in [-0.4, -0.2) is 29.9 Å². The number of hydrogen-bond donors (Lipinski definition) is 1. The molecular weight excluding hydrogens is 260 g/mol. The molecule has 3 nitrogen and oxygen atoms in total. The standard InChI is InChI=1S/C18H26N2O/c19-17(12-14-6-2-1-3-7-14)18(21)20-11-10-15-8-4-5-9-16(15)13-20/h1-3,6-7,15-17H,4-5,8-13,19H2/t15?,16?,17-/m0/s1. The lowest BCUT2D eigenvalue weighted by Crippen LogP contribution is -2.51. The van der Waals surface area contributed by atoms with Crippen molar-refractivity contribution < 1.29 is 4.79 Å². The summed E-state index contributed by atoms with van der Waals surface area (Å²) in [5.41, 5.74) is 7.30. The zero-order valence-electron chi connectivity index (χ0n) is 12.7. The van der Waals surface area contributed by atoms with Crippen LogP contribution >= 0.6 is 0 Å². The second kappa shape index (κ2) is 6.61. The number of carbonyl (C=O) groups is 1. The van der Waals surface area contributed by atoms with E-state index in [0.717, 1.165) is 30.5 Å². The van der Waals surface area contributed by atoms with Gasteiger partial charge in [0.05, 0.1) is 6.04 Å². The number of piperidine rings is 1. The first kappa shape index (κ1) is 14.6. The van der Waals surface area contributed by atoms with Crippen molar-refractivity contribution in [2.24, 2.45) is 17.6 Å². The minimum atomic E-state index is -0.396. The summed E-state index contributed by atoms with van der Waals surface area (Å²) in [5, 5.41) is 0. The monoisotopic (exact) mass is 286 g/mol. The largest absolute Gasteiger partial charge is 0.341 e. The molecule has 1 saturated heterocycles. The minimum absolute atomic E-state index is 0.142. The van der Waals surface area contributed by atoms with E-state index in [0.29, 0.717) is 6.42 Å². The predicted octanol–water partition coefficient (Wildman–Crippen LogP) is 2.60. The molecule has 3 heteroatoms. The lowest BCUT2D eigenvalue weighted by Gasteiger charge is -2.42. The Morgan fingerprint density at radius 2 is 1.86 bits per heavy atom. The molecule has 1 saturated carbocycles. The van der Waals surface area contributed by atoms with Gasteiger partial charge in [-0.05, 0) is 36.7 Å². The van der Waals surface area contributed by atoms with E-state index in [4.69, 9.17) is 5.73 Å². The molecule has 2 fully saturated rings. The molecule has 1 aliphatic heterocycles. The maximum absolute atomic E-state index is 12.6. The highest BCUT2D eigenvalue weighted by molar-refractivity contribution is 5.82. The summed E-state index contributed by atoms with van der Waals surface area (Å²) >= 11 is 0. The summed E-state index contributed by atoms with van der Waals surface area (Å²) < 4.78 is 0. The Morgan fingerprint density at radius 1 is 1.14 bits per heavy atom. The predicted molar refractivity (Wildman–Crippen MR) is 84.8 cm³/mol. The number of benzene rings is 1. The minimum Gasteiger partial charge on any atom is -0.341 e. The molecule has 3 rings (SSSR count). The van der Waals surface area contributed by atoms with Gasteiger partial charge in [0.2, 0.25) is 5.91 Å². The summed E-state index contributed by atoms with van der Waals surface area (Å²) in [6.07, 6.45) is 7.19. The smallest absolute Gasteiger partial charge is 0.239 e. The fourth-order valence-corrected chi connectivity index (χ4v) is 3.99. The Kier molecular flexibility index (Phi) is 4.59. The Labute approximate surface area is 127 Å². The van der Waals surface area contributed by atoms with Crippen LogP contribution in [0.5, 0.6) is 0 Å². The van der Waals surface area contributed by atoms with Crippen molar-refractivity contribution in [1.29, 1.82) is 0 Å². The van der Waals surface area contributed by atoms with Gasteiger partial charge in [0.15, 0.2) is 0 Å². The number of rotatable bonds is 3. The van der Waals surface area contributed by atoms with Gasteiger partial charge in [-0.2, -0.15) is 0 Å². The van der Waals surface area contributed by atoms with Crippen molar-refractivity contribution >= 4 is 5.91 Å². The summed E-state index contributed by atoms with van der Waals surface area (Å²) in [7, 11) is 0. The highest BCUT2D eigenvalue weighted by Crippen LogP contribution is 2.36. The molecule has 114 valence electrons. The van der Waals surface area contributed by atoms with Gasteiger partial charge in [-0.15, -0.1) is 0 Å². The van der Waals surface area contributed by atoms with Crippen LogP contribution in [0.4, 0.5) is 0 Å². The van der Waals surface area contributed by atoms with Gasteiger partial charge in [-0.1, -0.05) is 49.6 Å². The first-order valence-electron chi connectivity index (χ1n) is 8.32. The lowest BCUT2D eigenvalue weighted by molar-refractivity contribution is -0.135. The molecule has 1 aromatic carbocycles. The molecular formula is C18H26N2O. The molecule has 0 spiro atoms. The molecule has 1 aromatic rings. The summed E-state index contributed by atoms with van der Waals surface area (Å²) in [5.74, 6) is 1.72. The molecule has 0 bridgehead atoms. The fraction of sp³-hybridized carbons (Fsp3) is 0.611. The number of amides is 1. The number of carbonyl (C=O) groups excluding carboxylic acids is 1. The van der Waals surface area contributed by atoms with Crippen LogP contribution in [0.3, 0.4) is 0 Å². The molecule has 2 aliphatic rings. The molecule has 1 aliphatic carbocycles. The van der Waals surface area contributed by atoms with E-state index in [2.05, 4.69) is 0 Å². The lowest BCUT2D eigenvalue weighted by atomic mass is 9.75. The molecule has 2 unspecified atom stereocenters. The van der Waals surface area contributed by atoms with Crippen LogP contribution < -0.4 is 5.73 Å². The Bertz CT molecular complexity index is 473. The van der Waals surface area contributed by atoms with Crippen LogP contribution in [0, 0.1) is 11.8 Å². The third-order valence-corrected chi connectivity index (χ3v) is 5.22. The van der Waals surface area contributed by atoms with Gasteiger partial charge in [-0.25, -0.2) is 0 Å². The topological polar surface area (TPSA) is 46.3 Å². The molecule has 3 atom stereocenters. The van der Waals surface area contributed by atoms with E-state index < -0.39 is 6.04 Å². The maximum atomic E-state index is 12.6. The van der Waals surface area contributed by atoms with E-state index in [-0.39, 0.29) is 5.91 Å². The van der Waals surface area contributed by atoms with Gasteiger partial charge in [0, 0.05) is 13.1 Å². The molecule has 0 aromatic heterocycles. The number of nitrogens with zero attached hydrogens (tertiary/aromatic N) is 1. The van der Waals surface area contributed by atoms with Crippen molar-refractivity contribution in [3.63, 3.8) is 0 Å². The average molecular weight is 286 g/mol. The van der Waals surface area contributed by atoms with Crippen molar-refractivity contribution in [3.05, 3.63) is 35.9 Å². The number of fused-ring (bicyclic) bond motifs is 1. The van der Waals surface area contributed by atoms with E-state index in [9.17, 15) is 4.79 Å². The average Bonchev–Trinajstić information content (AvgIpc) is 2.54. The third kappa shape index (κ3) is 3.46. The first-order valence-corrected chi connectivity index (χ1v) is 8.32. The van der Waals surface area contributed by atoms with Gasteiger partial charge in [-0.3, -0.25) is 4.79 Å². The van der Waals surface area contributed by atoms with E-state index in [1.54, 1.807) is 0 Å². The first-order chi connectivity index (χ1) is 10.2. The zero-order chi connectivity index (χ0) is 14.7. The zero-order valence-corrected chi connectivity index (χ0v) is 12.7. The summed E-state index contributed by atoms with van der Waals surface area (Å²) in [6, 6.07) is 9.68. The third-order valence-electron chi connectivity index (χ3n) is 5.22. The van der Waals surface area contributed by atoms with Crippen LogP contribution in [0.2, 0.25) is 0 Å². The van der Waals surface area contributed by atoms with Crippen LogP contribution in [0.1, 0.15) is 37.7 Å². The maximum Gasteiger partial charge on any atom is 0.239 e. The van der Waals surface area contributed by atoms with Crippen LogP contribution in [0.25, 0.3) is 0 Å². The summed E-state index contributed by atoms with van der Waals surface area (Å²) in [6.45, 7) is 1.84. The Hall–Kier alpha value is -1.35. The van der Waals surface area contributed by atoms with Crippen molar-refractivity contribution in [3.8, 4) is 0 Å². The van der Waals surface area contributed by atoms with E-state index in [1.807, 2.05) is 35.2 Å². The SMILES string of the molecule is N[C@@H](Cc1ccccc1)C(=O)N1CCC2CCCCC2C1. The number of hydrogen-bond acceptors (Lipinski definition) is 2. The molecule has 0 radical (unpaired) electrons. The summed E-state index contributed by atoms with van der Waals surface area (Å²) in [4.78, 5) is 14.6. The second-order valence-electron chi connectivity index (χ2n) is 6.67. The van der Waals surface area contributed by atoms with Gasteiger partial charge >= 0.3 is 0 Å². The van der Waals surface area contributed by atoms with Crippen molar-refractivity contribution in [2.45, 2.75) is 44.6 Å². The van der Waals surface area contributed by atoms with E-state index in [1.165, 1.54) is 32.1 Å². The Balaban J connectivity index is 1.57. The van der Waals surface area contributed by atoms with Crippen LogP contribution in [0.15, 0.2) is 30.3 Å². The molecule has 1 amide bonds. The number of nitrogens with two attached hydrogens (primary N) is 1.